The Morgan fingerprint density at radius 1 is 1.26 bits per heavy atom. The van der Waals surface area contributed by atoms with Crippen molar-refractivity contribution in [3.05, 3.63) is 58.9 Å². The highest BCUT2D eigenvalue weighted by Gasteiger charge is 2.10. The fourth-order valence-electron chi connectivity index (χ4n) is 1.68. The zero-order valence-corrected chi connectivity index (χ0v) is 10.7. The lowest BCUT2D eigenvalue weighted by Crippen LogP contribution is -2.15. The van der Waals surface area contributed by atoms with Gasteiger partial charge in [0.05, 0.1) is 17.1 Å². The fraction of sp³-hybridized carbons (Fsp3) is 0.0714. The maximum absolute atomic E-state index is 13.6. The van der Waals surface area contributed by atoms with Gasteiger partial charge in [0.25, 0.3) is 0 Å². The van der Waals surface area contributed by atoms with Gasteiger partial charge in [-0.05, 0) is 29.8 Å². The van der Waals surface area contributed by atoms with Crippen LogP contribution >= 0.6 is 11.6 Å². The van der Waals surface area contributed by atoms with Crippen LogP contribution in [-0.4, -0.2) is 5.91 Å². The molecule has 2 aromatic rings. The Bertz CT molecular complexity index is 616. The van der Waals surface area contributed by atoms with Gasteiger partial charge >= 0.3 is 0 Å². The van der Waals surface area contributed by atoms with Crippen molar-refractivity contribution in [2.75, 3.05) is 11.1 Å². The summed E-state index contributed by atoms with van der Waals surface area (Å²) in [7, 11) is 0. The normalized spacial score (nSPS) is 10.2. The summed E-state index contributed by atoms with van der Waals surface area (Å²) < 4.78 is 13.6. The average molecular weight is 279 g/mol. The number of nitrogens with two attached hydrogens (primary N) is 1. The van der Waals surface area contributed by atoms with Crippen molar-refractivity contribution in [3.63, 3.8) is 0 Å². The Kier molecular flexibility index (Phi) is 4.02. The summed E-state index contributed by atoms with van der Waals surface area (Å²) in [5.41, 5.74) is 7.04. The Morgan fingerprint density at radius 2 is 2.00 bits per heavy atom. The first-order valence-electron chi connectivity index (χ1n) is 5.64. The molecule has 0 unspecified atom stereocenters. The molecule has 1 amide bonds. The number of benzene rings is 2. The molecule has 2 rings (SSSR count). The molecule has 98 valence electrons. The van der Waals surface area contributed by atoms with E-state index in [1.807, 2.05) is 0 Å². The summed E-state index contributed by atoms with van der Waals surface area (Å²) in [6, 6.07) is 11.4. The molecule has 0 aliphatic heterocycles. The topological polar surface area (TPSA) is 55.1 Å². The number of hydrogen-bond donors (Lipinski definition) is 2. The number of amides is 1. The van der Waals surface area contributed by atoms with E-state index in [9.17, 15) is 9.18 Å². The SMILES string of the molecule is Nc1cccc(CC(=O)Nc2cccc(Cl)c2F)c1. The second-order valence-electron chi connectivity index (χ2n) is 4.07. The molecular weight excluding hydrogens is 267 g/mol. The minimum absolute atomic E-state index is 0.0262. The molecule has 2 aromatic carbocycles. The largest absolute Gasteiger partial charge is 0.399 e. The van der Waals surface area contributed by atoms with Gasteiger partial charge in [0.2, 0.25) is 5.91 Å². The van der Waals surface area contributed by atoms with E-state index in [2.05, 4.69) is 5.32 Å². The van der Waals surface area contributed by atoms with Crippen LogP contribution in [0.5, 0.6) is 0 Å². The highest BCUT2D eigenvalue weighted by Crippen LogP contribution is 2.22. The van der Waals surface area contributed by atoms with E-state index in [0.717, 1.165) is 5.56 Å². The summed E-state index contributed by atoms with van der Waals surface area (Å²) in [5, 5.41) is 2.45. The molecule has 0 spiro atoms. The number of carbonyl (C=O) groups excluding carboxylic acids is 1. The van der Waals surface area contributed by atoms with Gasteiger partial charge in [0.1, 0.15) is 0 Å². The van der Waals surface area contributed by atoms with Crippen LogP contribution in [0.15, 0.2) is 42.5 Å². The van der Waals surface area contributed by atoms with Crippen LogP contribution < -0.4 is 11.1 Å². The summed E-state index contributed by atoms with van der Waals surface area (Å²) in [6.45, 7) is 0. The average Bonchev–Trinajstić information content (AvgIpc) is 2.35. The molecule has 0 bridgehead atoms. The van der Waals surface area contributed by atoms with Gasteiger partial charge < -0.3 is 11.1 Å². The first-order chi connectivity index (χ1) is 9.06. The van der Waals surface area contributed by atoms with Crippen LogP contribution in [0.3, 0.4) is 0 Å². The maximum atomic E-state index is 13.6. The molecule has 0 saturated heterocycles. The maximum Gasteiger partial charge on any atom is 0.228 e. The number of carbonyl (C=O) groups is 1. The number of halogens is 2. The van der Waals surface area contributed by atoms with E-state index in [4.69, 9.17) is 17.3 Å². The molecule has 0 saturated carbocycles. The van der Waals surface area contributed by atoms with E-state index < -0.39 is 5.82 Å². The van der Waals surface area contributed by atoms with Gasteiger partial charge in [-0.3, -0.25) is 4.79 Å². The molecule has 0 heterocycles. The molecule has 0 aliphatic carbocycles. The molecule has 0 aromatic heterocycles. The van der Waals surface area contributed by atoms with Gasteiger partial charge in [-0.15, -0.1) is 0 Å². The Labute approximate surface area is 115 Å². The summed E-state index contributed by atoms with van der Waals surface area (Å²) in [4.78, 5) is 11.8. The third-order valence-corrected chi connectivity index (χ3v) is 2.83. The Hall–Kier alpha value is -2.07. The van der Waals surface area contributed by atoms with E-state index >= 15 is 0 Å². The highest BCUT2D eigenvalue weighted by atomic mass is 35.5. The van der Waals surface area contributed by atoms with E-state index in [1.165, 1.54) is 12.1 Å². The molecule has 0 radical (unpaired) electrons. The zero-order chi connectivity index (χ0) is 13.8. The van der Waals surface area contributed by atoms with Crippen molar-refractivity contribution in [1.29, 1.82) is 0 Å². The fourth-order valence-corrected chi connectivity index (χ4v) is 1.86. The second kappa shape index (κ2) is 5.71. The highest BCUT2D eigenvalue weighted by molar-refractivity contribution is 6.31. The number of rotatable bonds is 3. The Morgan fingerprint density at radius 3 is 2.74 bits per heavy atom. The molecular formula is C14H12ClFN2O. The standard InChI is InChI=1S/C14H12ClFN2O/c15-11-5-2-6-12(14(11)16)18-13(19)8-9-3-1-4-10(17)7-9/h1-7H,8,17H2,(H,18,19). The smallest absolute Gasteiger partial charge is 0.228 e. The zero-order valence-electron chi connectivity index (χ0n) is 9.99. The quantitative estimate of drug-likeness (QED) is 0.847. The number of nitrogens with one attached hydrogen (secondary N) is 1. The third kappa shape index (κ3) is 3.45. The van der Waals surface area contributed by atoms with E-state index in [1.54, 1.807) is 30.3 Å². The number of hydrogen-bond acceptors (Lipinski definition) is 2. The summed E-state index contributed by atoms with van der Waals surface area (Å²) in [6.07, 6.45) is 0.122. The van der Waals surface area contributed by atoms with Crippen molar-refractivity contribution in [2.24, 2.45) is 0 Å². The van der Waals surface area contributed by atoms with Crippen LogP contribution in [0.2, 0.25) is 5.02 Å². The van der Waals surface area contributed by atoms with E-state index in [0.29, 0.717) is 5.69 Å². The molecule has 0 atom stereocenters. The summed E-state index contributed by atoms with van der Waals surface area (Å²) >= 11 is 5.64. The van der Waals surface area contributed by atoms with Crippen molar-refractivity contribution < 1.29 is 9.18 Å². The van der Waals surface area contributed by atoms with Crippen molar-refractivity contribution in [1.82, 2.24) is 0 Å². The third-order valence-electron chi connectivity index (χ3n) is 2.54. The van der Waals surface area contributed by atoms with Crippen molar-refractivity contribution in [2.45, 2.75) is 6.42 Å². The van der Waals surface area contributed by atoms with Gasteiger partial charge in [-0.2, -0.15) is 0 Å². The van der Waals surface area contributed by atoms with Crippen LogP contribution in [0.4, 0.5) is 15.8 Å². The molecule has 3 N–H and O–H groups in total. The predicted molar refractivity (Wildman–Crippen MR) is 74.6 cm³/mol. The lowest BCUT2D eigenvalue weighted by molar-refractivity contribution is -0.115. The van der Waals surface area contributed by atoms with Gasteiger partial charge in [0.15, 0.2) is 5.82 Å². The van der Waals surface area contributed by atoms with Crippen molar-refractivity contribution in [3.8, 4) is 0 Å². The van der Waals surface area contributed by atoms with E-state index in [-0.39, 0.29) is 23.0 Å². The first kappa shape index (κ1) is 13.4. The first-order valence-corrected chi connectivity index (χ1v) is 6.02. The molecule has 19 heavy (non-hydrogen) atoms. The van der Waals surface area contributed by atoms with Gasteiger partial charge in [0, 0.05) is 5.69 Å². The van der Waals surface area contributed by atoms with Crippen LogP contribution in [0, 0.1) is 5.82 Å². The lowest BCUT2D eigenvalue weighted by atomic mass is 10.1. The minimum Gasteiger partial charge on any atom is -0.399 e. The monoisotopic (exact) mass is 278 g/mol. The second-order valence-corrected chi connectivity index (χ2v) is 4.48. The number of anilines is 2. The Balaban J connectivity index is 2.08. The molecule has 0 aliphatic rings. The summed E-state index contributed by atoms with van der Waals surface area (Å²) in [5.74, 6) is -0.961. The van der Waals surface area contributed by atoms with Crippen LogP contribution in [0.25, 0.3) is 0 Å². The van der Waals surface area contributed by atoms with Gasteiger partial charge in [-0.1, -0.05) is 29.8 Å². The van der Waals surface area contributed by atoms with Crippen LogP contribution in [-0.2, 0) is 11.2 Å². The predicted octanol–water partition coefficient (Wildman–Crippen LogP) is 3.24. The molecule has 3 nitrogen and oxygen atoms in total. The molecule has 0 fully saturated rings. The lowest BCUT2D eigenvalue weighted by Gasteiger charge is -2.07. The number of nitrogen functional groups attached to an aromatic ring is 1. The van der Waals surface area contributed by atoms with Gasteiger partial charge in [-0.25, -0.2) is 4.39 Å². The minimum atomic E-state index is -0.634. The van der Waals surface area contributed by atoms with Crippen molar-refractivity contribution >= 4 is 28.9 Å². The van der Waals surface area contributed by atoms with Crippen LogP contribution in [0.1, 0.15) is 5.56 Å². The molecule has 5 heteroatoms.